The molecule has 4 heteroatoms. The van der Waals surface area contributed by atoms with Crippen molar-refractivity contribution in [3.05, 3.63) is 18.0 Å². The van der Waals surface area contributed by atoms with E-state index in [1.807, 2.05) is 26.4 Å². The number of aryl methyl sites for hydroxylation is 1. The van der Waals surface area contributed by atoms with Crippen LogP contribution < -0.4 is 5.32 Å². The zero-order valence-electron chi connectivity index (χ0n) is 6.16. The van der Waals surface area contributed by atoms with Crippen molar-refractivity contribution >= 4 is 12.4 Å². The maximum Gasteiger partial charge on any atom is 0.0762 e. The summed E-state index contributed by atoms with van der Waals surface area (Å²) in [5.74, 6) is 0. The van der Waals surface area contributed by atoms with Crippen LogP contribution in [0.2, 0.25) is 0 Å². The first-order valence-corrected chi connectivity index (χ1v) is 2.96. The third-order valence-electron chi connectivity index (χ3n) is 1.13. The number of aromatic nitrogens is 2. The third kappa shape index (κ3) is 2.37. The fraction of sp³-hybridized carbons (Fsp3) is 0.500. The van der Waals surface area contributed by atoms with Crippen molar-refractivity contribution in [2.45, 2.75) is 6.54 Å². The molecule has 1 aromatic heterocycles. The minimum absolute atomic E-state index is 0. The Balaban J connectivity index is 0.000000810. The second-order valence-corrected chi connectivity index (χ2v) is 2.01. The Labute approximate surface area is 66.8 Å². The van der Waals surface area contributed by atoms with E-state index in [1.54, 1.807) is 4.68 Å². The summed E-state index contributed by atoms with van der Waals surface area (Å²) in [6, 6.07) is 2.00. The molecule has 1 rings (SSSR count). The SMILES string of the molecule is CNCc1ccn(C)n1.Cl. The van der Waals surface area contributed by atoms with Crippen molar-refractivity contribution in [1.82, 2.24) is 15.1 Å². The van der Waals surface area contributed by atoms with Gasteiger partial charge in [-0.25, -0.2) is 0 Å². The average molecular weight is 162 g/mol. The Kier molecular flexibility index (Phi) is 4.07. The fourth-order valence-electron chi connectivity index (χ4n) is 0.739. The van der Waals surface area contributed by atoms with Gasteiger partial charge in [0.05, 0.1) is 5.69 Å². The van der Waals surface area contributed by atoms with Crippen LogP contribution in [0.1, 0.15) is 5.69 Å². The van der Waals surface area contributed by atoms with Crippen molar-refractivity contribution in [1.29, 1.82) is 0 Å². The molecule has 0 radical (unpaired) electrons. The van der Waals surface area contributed by atoms with Crippen LogP contribution in [0.4, 0.5) is 0 Å². The molecule has 0 spiro atoms. The van der Waals surface area contributed by atoms with Gasteiger partial charge in [0.1, 0.15) is 0 Å². The van der Waals surface area contributed by atoms with E-state index in [0.717, 1.165) is 12.2 Å². The highest BCUT2D eigenvalue weighted by molar-refractivity contribution is 5.85. The van der Waals surface area contributed by atoms with E-state index in [0.29, 0.717) is 0 Å². The maximum atomic E-state index is 4.15. The molecule has 0 aromatic carbocycles. The van der Waals surface area contributed by atoms with Crippen LogP contribution in [0.5, 0.6) is 0 Å². The molecule has 1 aromatic rings. The first kappa shape index (κ1) is 9.46. The van der Waals surface area contributed by atoms with Gasteiger partial charge in [0.2, 0.25) is 0 Å². The molecule has 10 heavy (non-hydrogen) atoms. The molecule has 1 N–H and O–H groups in total. The van der Waals surface area contributed by atoms with Crippen LogP contribution in [0.3, 0.4) is 0 Å². The lowest BCUT2D eigenvalue weighted by atomic mass is 10.4. The van der Waals surface area contributed by atoms with Crippen molar-refractivity contribution in [2.75, 3.05) is 7.05 Å². The number of rotatable bonds is 2. The number of hydrogen-bond donors (Lipinski definition) is 1. The van der Waals surface area contributed by atoms with Crippen LogP contribution >= 0.6 is 12.4 Å². The quantitative estimate of drug-likeness (QED) is 0.687. The first-order valence-electron chi connectivity index (χ1n) is 2.96. The highest BCUT2D eigenvalue weighted by Crippen LogP contribution is 1.90. The number of nitrogens with one attached hydrogen (secondary N) is 1. The van der Waals surface area contributed by atoms with E-state index in [2.05, 4.69) is 10.4 Å². The largest absolute Gasteiger partial charge is 0.314 e. The summed E-state index contributed by atoms with van der Waals surface area (Å²) in [5.41, 5.74) is 1.08. The molecule has 58 valence electrons. The van der Waals surface area contributed by atoms with E-state index in [9.17, 15) is 0 Å². The summed E-state index contributed by atoms with van der Waals surface area (Å²) < 4.78 is 1.80. The van der Waals surface area contributed by atoms with Crippen molar-refractivity contribution < 1.29 is 0 Å². The van der Waals surface area contributed by atoms with Gasteiger partial charge in [0.25, 0.3) is 0 Å². The van der Waals surface area contributed by atoms with Gasteiger partial charge in [-0.3, -0.25) is 4.68 Å². The summed E-state index contributed by atoms with van der Waals surface area (Å²) in [6.07, 6.45) is 1.94. The van der Waals surface area contributed by atoms with E-state index in [1.165, 1.54) is 0 Å². The van der Waals surface area contributed by atoms with Gasteiger partial charge in [-0.15, -0.1) is 12.4 Å². The molecule has 0 aliphatic rings. The lowest BCUT2D eigenvalue weighted by Crippen LogP contribution is -2.05. The second kappa shape index (κ2) is 4.30. The molecule has 0 bridgehead atoms. The molecule has 3 nitrogen and oxygen atoms in total. The topological polar surface area (TPSA) is 29.9 Å². The van der Waals surface area contributed by atoms with Crippen LogP contribution in [0, 0.1) is 0 Å². The van der Waals surface area contributed by atoms with Gasteiger partial charge in [-0.2, -0.15) is 5.10 Å². The minimum atomic E-state index is 0. The summed E-state index contributed by atoms with van der Waals surface area (Å²) in [5, 5.41) is 7.18. The number of hydrogen-bond acceptors (Lipinski definition) is 2. The van der Waals surface area contributed by atoms with Crippen molar-refractivity contribution in [3.63, 3.8) is 0 Å². The highest BCUT2D eigenvalue weighted by atomic mass is 35.5. The van der Waals surface area contributed by atoms with Gasteiger partial charge in [-0.1, -0.05) is 0 Å². The summed E-state index contributed by atoms with van der Waals surface area (Å²) in [6.45, 7) is 0.848. The Morgan fingerprint density at radius 3 is 2.80 bits per heavy atom. The molecule has 0 unspecified atom stereocenters. The molecule has 0 aliphatic heterocycles. The van der Waals surface area contributed by atoms with Crippen LogP contribution in [-0.4, -0.2) is 16.8 Å². The highest BCUT2D eigenvalue weighted by Gasteiger charge is 1.91. The van der Waals surface area contributed by atoms with Gasteiger partial charge in [-0.05, 0) is 13.1 Å². The maximum absolute atomic E-state index is 4.15. The Morgan fingerprint density at radius 2 is 2.40 bits per heavy atom. The van der Waals surface area contributed by atoms with E-state index in [4.69, 9.17) is 0 Å². The lowest BCUT2D eigenvalue weighted by Gasteiger charge is -1.90. The molecule has 0 saturated carbocycles. The molecule has 0 amide bonds. The van der Waals surface area contributed by atoms with Gasteiger partial charge in [0.15, 0.2) is 0 Å². The molecular formula is C6H12ClN3. The monoisotopic (exact) mass is 161 g/mol. The molecule has 0 aliphatic carbocycles. The average Bonchev–Trinajstić information content (AvgIpc) is 2.17. The van der Waals surface area contributed by atoms with Crippen LogP contribution in [-0.2, 0) is 13.6 Å². The summed E-state index contributed by atoms with van der Waals surface area (Å²) in [4.78, 5) is 0. The van der Waals surface area contributed by atoms with Crippen molar-refractivity contribution in [2.24, 2.45) is 7.05 Å². The Hall–Kier alpha value is -0.540. The predicted molar refractivity (Wildman–Crippen MR) is 43.2 cm³/mol. The standard InChI is InChI=1S/C6H11N3.ClH/c1-7-5-6-3-4-9(2)8-6;/h3-4,7H,5H2,1-2H3;1H. The molecular weight excluding hydrogens is 150 g/mol. The van der Waals surface area contributed by atoms with Gasteiger partial charge >= 0.3 is 0 Å². The zero-order chi connectivity index (χ0) is 6.69. The second-order valence-electron chi connectivity index (χ2n) is 2.01. The minimum Gasteiger partial charge on any atom is -0.314 e. The molecule has 1 heterocycles. The van der Waals surface area contributed by atoms with E-state index < -0.39 is 0 Å². The van der Waals surface area contributed by atoms with Gasteiger partial charge < -0.3 is 5.32 Å². The summed E-state index contributed by atoms with van der Waals surface area (Å²) >= 11 is 0. The Bertz CT molecular complexity index is 185. The molecule has 0 saturated heterocycles. The van der Waals surface area contributed by atoms with E-state index in [-0.39, 0.29) is 12.4 Å². The third-order valence-corrected chi connectivity index (χ3v) is 1.13. The summed E-state index contributed by atoms with van der Waals surface area (Å²) in [7, 11) is 3.83. The normalized spacial score (nSPS) is 9.00. The molecule has 0 atom stereocenters. The van der Waals surface area contributed by atoms with Gasteiger partial charge in [0, 0.05) is 19.8 Å². The molecule has 0 fully saturated rings. The van der Waals surface area contributed by atoms with Crippen LogP contribution in [0.15, 0.2) is 12.3 Å². The predicted octanol–water partition coefficient (Wildman–Crippen LogP) is 0.561. The van der Waals surface area contributed by atoms with Crippen LogP contribution in [0.25, 0.3) is 0 Å². The fourth-order valence-corrected chi connectivity index (χ4v) is 0.739. The number of halogens is 1. The first-order chi connectivity index (χ1) is 4.33. The smallest absolute Gasteiger partial charge is 0.0762 e. The lowest BCUT2D eigenvalue weighted by molar-refractivity contribution is 0.712. The van der Waals surface area contributed by atoms with E-state index >= 15 is 0 Å². The Morgan fingerprint density at radius 1 is 1.70 bits per heavy atom. The van der Waals surface area contributed by atoms with Crippen molar-refractivity contribution in [3.8, 4) is 0 Å². The number of nitrogens with zero attached hydrogens (tertiary/aromatic N) is 2. The zero-order valence-corrected chi connectivity index (χ0v) is 6.98.